The van der Waals surface area contributed by atoms with Crippen LogP contribution < -0.4 is 4.74 Å². The Labute approximate surface area is 192 Å². The van der Waals surface area contributed by atoms with Crippen molar-refractivity contribution in [1.29, 1.82) is 0 Å². The van der Waals surface area contributed by atoms with E-state index in [0.29, 0.717) is 16.8 Å². The number of allylic oxidation sites excluding steroid dienone is 1. The number of likely N-dealkylation sites (tertiary alicyclic amines) is 1. The number of carbonyl (C=O) groups is 2. The highest BCUT2D eigenvalue weighted by molar-refractivity contribution is 5.85. The SMILES string of the molecule is C=CC(F)(F)c1cc2ccccc2cc1O[C@]1(C)C[C@@H](C(=O)OC)N(C(=O)OC(C)(C)C)C1. The molecular weight excluding hydrogens is 432 g/mol. The minimum atomic E-state index is -3.35. The highest BCUT2D eigenvalue weighted by Crippen LogP contribution is 2.42. The number of halogens is 2. The van der Waals surface area contributed by atoms with Gasteiger partial charge in [0.05, 0.1) is 19.2 Å². The zero-order valence-corrected chi connectivity index (χ0v) is 19.5. The minimum absolute atomic E-state index is 0.0456. The van der Waals surface area contributed by atoms with Crippen LogP contribution in [0.4, 0.5) is 13.6 Å². The summed E-state index contributed by atoms with van der Waals surface area (Å²) in [7, 11) is 1.22. The molecule has 178 valence electrons. The normalized spacial score (nSPS) is 21.1. The maximum Gasteiger partial charge on any atom is 0.411 e. The molecule has 1 heterocycles. The first kappa shape index (κ1) is 24.5. The van der Waals surface area contributed by atoms with Crippen molar-refractivity contribution in [2.45, 2.75) is 57.3 Å². The van der Waals surface area contributed by atoms with E-state index in [0.717, 1.165) is 0 Å². The highest BCUT2D eigenvalue weighted by atomic mass is 19.3. The summed E-state index contributed by atoms with van der Waals surface area (Å²) in [6.07, 6.45) is -0.101. The Bertz CT molecular complexity index is 1080. The van der Waals surface area contributed by atoms with Gasteiger partial charge >= 0.3 is 12.1 Å². The molecule has 1 aliphatic rings. The van der Waals surface area contributed by atoms with Gasteiger partial charge in [0.2, 0.25) is 0 Å². The quantitative estimate of drug-likeness (QED) is 0.438. The average Bonchev–Trinajstić information content (AvgIpc) is 3.09. The second kappa shape index (κ2) is 8.65. The van der Waals surface area contributed by atoms with Crippen LogP contribution in [0.15, 0.2) is 49.1 Å². The van der Waals surface area contributed by atoms with Crippen LogP contribution in [0.5, 0.6) is 5.75 Å². The number of hydrogen-bond acceptors (Lipinski definition) is 5. The number of alkyl halides is 2. The smallest absolute Gasteiger partial charge is 0.411 e. The Kier molecular flexibility index (Phi) is 6.42. The summed E-state index contributed by atoms with van der Waals surface area (Å²) in [5.41, 5.74) is -2.28. The molecule has 1 saturated heterocycles. The van der Waals surface area contributed by atoms with Crippen LogP contribution in [0.25, 0.3) is 10.8 Å². The van der Waals surface area contributed by atoms with Crippen LogP contribution in [-0.4, -0.2) is 47.9 Å². The summed E-state index contributed by atoms with van der Waals surface area (Å²) in [5, 5.41) is 1.34. The van der Waals surface area contributed by atoms with Gasteiger partial charge in [-0.25, -0.2) is 9.59 Å². The number of nitrogens with zero attached hydrogens (tertiary/aromatic N) is 1. The van der Waals surface area contributed by atoms with E-state index in [-0.39, 0.29) is 24.3 Å². The summed E-state index contributed by atoms with van der Waals surface area (Å²) < 4.78 is 46.0. The second-order valence-electron chi connectivity index (χ2n) is 9.43. The molecule has 0 aliphatic carbocycles. The van der Waals surface area contributed by atoms with E-state index in [1.54, 1.807) is 52.0 Å². The topological polar surface area (TPSA) is 65.1 Å². The van der Waals surface area contributed by atoms with Crippen molar-refractivity contribution in [1.82, 2.24) is 4.90 Å². The van der Waals surface area contributed by atoms with Gasteiger partial charge in [0, 0.05) is 6.42 Å². The molecule has 1 aliphatic heterocycles. The fourth-order valence-electron chi connectivity index (χ4n) is 3.93. The van der Waals surface area contributed by atoms with Gasteiger partial charge < -0.3 is 14.2 Å². The van der Waals surface area contributed by atoms with Gasteiger partial charge in [-0.3, -0.25) is 4.90 Å². The first-order chi connectivity index (χ1) is 15.3. The van der Waals surface area contributed by atoms with Gasteiger partial charge in [-0.05, 0) is 56.7 Å². The van der Waals surface area contributed by atoms with Crippen molar-refractivity contribution < 1.29 is 32.6 Å². The van der Waals surface area contributed by atoms with Gasteiger partial charge in [0.1, 0.15) is 23.0 Å². The molecule has 2 atom stereocenters. The molecule has 0 spiro atoms. The molecule has 2 aromatic carbocycles. The Morgan fingerprint density at radius 3 is 2.33 bits per heavy atom. The molecule has 3 rings (SSSR count). The molecular formula is C25H29F2NO5. The van der Waals surface area contributed by atoms with Crippen molar-refractivity contribution in [2.75, 3.05) is 13.7 Å². The molecule has 33 heavy (non-hydrogen) atoms. The van der Waals surface area contributed by atoms with Crippen molar-refractivity contribution in [3.8, 4) is 5.75 Å². The summed E-state index contributed by atoms with van der Waals surface area (Å²) in [6.45, 7) is 10.0. The molecule has 0 bridgehead atoms. The van der Waals surface area contributed by atoms with E-state index < -0.39 is 35.2 Å². The molecule has 0 N–H and O–H groups in total. The Hall–Kier alpha value is -3.16. The third-order valence-electron chi connectivity index (χ3n) is 5.43. The lowest BCUT2D eigenvalue weighted by atomic mass is 9.99. The number of benzene rings is 2. The molecule has 8 heteroatoms. The molecule has 1 fully saturated rings. The van der Waals surface area contributed by atoms with Crippen molar-refractivity contribution in [3.63, 3.8) is 0 Å². The van der Waals surface area contributed by atoms with Crippen LogP contribution in [0.1, 0.15) is 39.7 Å². The predicted molar refractivity (Wildman–Crippen MR) is 120 cm³/mol. The lowest BCUT2D eigenvalue weighted by Gasteiger charge is -2.29. The van der Waals surface area contributed by atoms with Gasteiger partial charge in [-0.15, -0.1) is 0 Å². The van der Waals surface area contributed by atoms with Crippen molar-refractivity contribution in [3.05, 3.63) is 54.6 Å². The number of hydrogen-bond donors (Lipinski definition) is 0. The third-order valence-corrected chi connectivity index (χ3v) is 5.43. The number of amides is 1. The summed E-state index contributed by atoms with van der Waals surface area (Å²) in [4.78, 5) is 26.4. The Morgan fingerprint density at radius 1 is 1.18 bits per heavy atom. The number of fused-ring (bicyclic) bond motifs is 1. The summed E-state index contributed by atoms with van der Waals surface area (Å²) in [5.74, 6) is -4.03. The van der Waals surface area contributed by atoms with E-state index in [1.807, 2.05) is 0 Å². The zero-order chi connectivity index (χ0) is 24.6. The monoisotopic (exact) mass is 461 g/mol. The average molecular weight is 462 g/mol. The predicted octanol–water partition coefficient (Wildman–Crippen LogP) is 5.44. The first-order valence-corrected chi connectivity index (χ1v) is 10.6. The van der Waals surface area contributed by atoms with Crippen LogP contribution >= 0.6 is 0 Å². The van der Waals surface area contributed by atoms with Gasteiger partial charge in [0.25, 0.3) is 5.92 Å². The third kappa shape index (κ3) is 5.26. The lowest BCUT2D eigenvalue weighted by molar-refractivity contribution is -0.145. The molecule has 0 saturated carbocycles. The maximum atomic E-state index is 14.8. The second-order valence-corrected chi connectivity index (χ2v) is 9.43. The van der Waals surface area contributed by atoms with E-state index >= 15 is 0 Å². The van der Waals surface area contributed by atoms with E-state index in [1.165, 1.54) is 24.1 Å². The standard InChI is InChI=1S/C25H29F2NO5/c1-7-25(26,27)18-12-16-10-8-9-11-17(16)13-20(18)32-24(5)14-19(21(29)31-6)28(15-24)22(30)33-23(2,3)4/h7-13,19H,1,14-15H2,2-6H3/t19-,24+/m0/s1. The molecule has 0 aromatic heterocycles. The minimum Gasteiger partial charge on any atom is -0.485 e. The largest absolute Gasteiger partial charge is 0.485 e. The maximum absolute atomic E-state index is 14.8. The van der Waals surface area contributed by atoms with Crippen LogP contribution in [-0.2, 0) is 20.2 Å². The van der Waals surface area contributed by atoms with E-state index in [4.69, 9.17) is 14.2 Å². The number of ether oxygens (including phenoxy) is 3. The number of esters is 1. The van der Waals surface area contributed by atoms with Gasteiger partial charge in [0.15, 0.2) is 0 Å². The molecule has 2 aromatic rings. The molecule has 0 unspecified atom stereocenters. The summed E-state index contributed by atoms with van der Waals surface area (Å²) in [6, 6.07) is 9.02. The molecule has 1 amide bonds. The van der Waals surface area contributed by atoms with Crippen LogP contribution in [0.2, 0.25) is 0 Å². The number of methoxy groups -OCH3 is 1. The Morgan fingerprint density at radius 2 is 1.79 bits per heavy atom. The number of carbonyl (C=O) groups excluding carboxylic acids is 2. The lowest BCUT2D eigenvalue weighted by Crippen LogP contribution is -2.44. The molecule has 0 radical (unpaired) electrons. The zero-order valence-electron chi connectivity index (χ0n) is 19.5. The highest BCUT2D eigenvalue weighted by Gasteiger charge is 2.50. The summed E-state index contributed by atoms with van der Waals surface area (Å²) >= 11 is 0. The van der Waals surface area contributed by atoms with Gasteiger partial charge in [-0.2, -0.15) is 8.78 Å². The fraction of sp³-hybridized carbons (Fsp3) is 0.440. The van der Waals surface area contributed by atoms with Crippen molar-refractivity contribution in [2.24, 2.45) is 0 Å². The van der Waals surface area contributed by atoms with Crippen LogP contribution in [0, 0.1) is 0 Å². The van der Waals surface area contributed by atoms with E-state index in [2.05, 4.69) is 6.58 Å². The van der Waals surface area contributed by atoms with Gasteiger partial charge in [-0.1, -0.05) is 30.8 Å². The van der Waals surface area contributed by atoms with Crippen molar-refractivity contribution >= 4 is 22.8 Å². The molecule has 6 nitrogen and oxygen atoms in total. The van der Waals surface area contributed by atoms with E-state index in [9.17, 15) is 18.4 Å². The van der Waals surface area contributed by atoms with Crippen LogP contribution in [0.3, 0.4) is 0 Å². The first-order valence-electron chi connectivity index (χ1n) is 10.6. The fourth-order valence-corrected chi connectivity index (χ4v) is 3.93. The Balaban J connectivity index is 2.01. The number of rotatable bonds is 5.